The van der Waals surface area contributed by atoms with E-state index in [9.17, 15) is 5.11 Å². The highest BCUT2D eigenvalue weighted by Crippen LogP contribution is 2.41. The van der Waals surface area contributed by atoms with Crippen LogP contribution in [0.4, 0.5) is 5.82 Å². The van der Waals surface area contributed by atoms with Crippen LogP contribution < -0.4 is 10.2 Å². The summed E-state index contributed by atoms with van der Waals surface area (Å²) < 4.78 is 2.01. The minimum atomic E-state index is -0.411. The largest absolute Gasteiger partial charge is 0.389 e. The van der Waals surface area contributed by atoms with Gasteiger partial charge in [0.2, 0.25) is 0 Å². The topological polar surface area (TPSA) is 53.3 Å². The summed E-state index contributed by atoms with van der Waals surface area (Å²) in [5, 5.41) is 18.7. The van der Waals surface area contributed by atoms with Gasteiger partial charge in [0, 0.05) is 38.2 Å². The maximum Gasteiger partial charge on any atom is 0.131 e. The highest BCUT2D eigenvalue weighted by molar-refractivity contribution is 5.51. The summed E-state index contributed by atoms with van der Waals surface area (Å²) in [6.07, 6.45) is 5.48. The van der Waals surface area contributed by atoms with Crippen LogP contribution >= 0.6 is 0 Å². The summed E-state index contributed by atoms with van der Waals surface area (Å²) in [7, 11) is 4.01. The van der Waals surface area contributed by atoms with Gasteiger partial charge in [0.05, 0.1) is 11.3 Å². The van der Waals surface area contributed by atoms with Gasteiger partial charge in [-0.2, -0.15) is 5.10 Å². The maximum absolute atomic E-state index is 10.8. The minimum absolute atomic E-state index is 0.411. The third kappa shape index (κ3) is 2.57. The zero-order valence-corrected chi connectivity index (χ0v) is 13.5. The minimum Gasteiger partial charge on any atom is -0.389 e. The molecule has 1 aliphatic heterocycles. The molecule has 1 saturated heterocycles. The summed E-state index contributed by atoms with van der Waals surface area (Å²) >= 11 is 0. The highest BCUT2D eigenvalue weighted by Gasteiger charge is 2.43. The molecule has 0 amide bonds. The molecule has 2 aliphatic rings. The smallest absolute Gasteiger partial charge is 0.131 e. The van der Waals surface area contributed by atoms with E-state index in [1.54, 1.807) is 0 Å². The van der Waals surface area contributed by atoms with Crippen LogP contribution in [0.5, 0.6) is 0 Å². The molecule has 0 radical (unpaired) electrons. The summed E-state index contributed by atoms with van der Waals surface area (Å²) in [5.74, 6) is 1.65. The maximum atomic E-state index is 10.8. The lowest BCUT2D eigenvalue weighted by Crippen LogP contribution is -2.53. The van der Waals surface area contributed by atoms with Crippen LogP contribution in [0.3, 0.4) is 0 Å². The first-order valence-electron chi connectivity index (χ1n) is 8.19. The van der Waals surface area contributed by atoms with E-state index in [0.29, 0.717) is 5.92 Å². The van der Waals surface area contributed by atoms with Crippen molar-refractivity contribution in [1.82, 2.24) is 15.1 Å². The van der Waals surface area contributed by atoms with Crippen molar-refractivity contribution < 1.29 is 5.11 Å². The molecule has 1 aromatic heterocycles. The number of aromatic nitrogens is 2. The molecule has 5 heteroatoms. The molecular formula is C16H28N4O. The Morgan fingerprint density at radius 2 is 2.19 bits per heavy atom. The third-order valence-corrected chi connectivity index (χ3v) is 5.39. The number of piperidine rings is 1. The van der Waals surface area contributed by atoms with Crippen molar-refractivity contribution in [3.05, 3.63) is 11.3 Å². The Balaban J connectivity index is 1.85. The first-order chi connectivity index (χ1) is 10.0. The lowest BCUT2D eigenvalue weighted by atomic mass is 9.71. The van der Waals surface area contributed by atoms with Gasteiger partial charge in [-0.3, -0.25) is 4.68 Å². The van der Waals surface area contributed by atoms with Gasteiger partial charge in [-0.25, -0.2) is 0 Å². The van der Waals surface area contributed by atoms with Crippen LogP contribution in [0.25, 0.3) is 0 Å². The monoisotopic (exact) mass is 292 g/mol. The Morgan fingerprint density at radius 1 is 1.38 bits per heavy atom. The Morgan fingerprint density at radius 3 is 2.95 bits per heavy atom. The van der Waals surface area contributed by atoms with Crippen molar-refractivity contribution in [2.75, 3.05) is 25.0 Å². The zero-order valence-electron chi connectivity index (χ0n) is 13.5. The molecular weight excluding hydrogens is 264 g/mol. The van der Waals surface area contributed by atoms with Gasteiger partial charge in [-0.05, 0) is 33.2 Å². The molecule has 1 saturated carbocycles. The Bertz CT molecular complexity index is 513. The second kappa shape index (κ2) is 5.61. The average Bonchev–Trinajstić information content (AvgIpc) is 2.73. The first-order valence-corrected chi connectivity index (χ1v) is 8.19. The number of nitrogens with zero attached hydrogens (tertiary/aromatic N) is 3. The quantitative estimate of drug-likeness (QED) is 0.888. The molecule has 0 aromatic carbocycles. The Hall–Kier alpha value is -1.07. The molecule has 21 heavy (non-hydrogen) atoms. The van der Waals surface area contributed by atoms with Crippen molar-refractivity contribution in [3.63, 3.8) is 0 Å². The fourth-order valence-corrected chi connectivity index (χ4v) is 4.23. The van der Waals surface area contributed by atoms with Crippen molar-refractivity contribution in [2.24, 2.45) is 13.0 Å². The van der Waals surface area contributed by atoms with Gasteiger partial charge >= 0.3 is 0 Å². The SMILES string of the molecule is CNCc1c(C)nn(C)c1N1CCC2(O)CCCCC2C1. The number of aryl methyl sites for hydroxylation is 2. The number of hydrogen-bond acceptors (Lipinski definition) is 4. The van der Waals surface area contributed by atoms with E-state index in [0.717, 1.165) is 44.6 Å². The van der Waals surface area contributed by atoms with Gasteiger partial charge in [0.1, 0.15) is 5.82 Å². The Kier molecular flexibility index (Phi) is 3.97. The number of nitrogens with one attached hydrogen (secondary N) is 1. The summed E-state index contributed by atoms with van der Waals surface area (Å²) in [6.45, 7) is 4.83. The number of hydrogen-bond donors (Lipinski definition) is 2. The first kappa shape index (κ1) is 14.9. The lowest BCUT2D eigenvalue weighted by molar-refractivity contribution is -0.0614. The Labute approximate surface area is 127 Å². The number of aliphatic hydroxyl groups is 1. The van der Waals surface area contributed by atoms with Gasteiger partial charge in [-0.1, -0.05) is 12.8 Å². The summed E-state index contributed by atoms with van der Waals surface area (Å²) in [5.41, 5.74) is 1.98. The number of anilines is 1. The lowest BCUT2D eigenvalue weighted by Gasteiger charge is -2.48. The van der Waals surface area contributed by atoms with Crippen LogP contribution in [-0.4, -0.2) is 40.6 Å². The van der Waals surface area contributed by atoms with Crippen LogP contribution in [0, 0.1) is 12.8 Å². The molecule has 5 nitrogen and oxygen atoms in total. The molecule has 2 heterocycles. The molecule has 118 valence electrons. The van der Waals surface area contributed by atoms with E-state index >= 15 is 0 Å². The third-order valence-electron chi connectivity index (χ3n) is 5.39. The van der Waals surface area contributed by atoms with Crippen molar-refractivity contribution >= 4 is 5.82 Å². The van der Waals surface area contributed by atoms with Crippen molar-refractivity contribution in [2.45, 2.75) is 51.2 Å². The fourth-order valence-electron chi connectivity index (χ4n) is 4.23. The molecule has 3 rings (SSSR count). The predicted molar refractivity (Wildman–Crippen MR) is 84.4 cm³/mol. The molecule has 0 spiro atoms. The second-order valence-electron chi connectivity index (χ2n) is 6.78. The van der Waals surface area contributed by atoms with Crippen LogP contribution in [0.2, 0.25) is 0 Å². The van der Waals surface area contributed by atoms with Gasteiger partial charge < -0.3 is 15.3 Å². The van der Waals surface area contributed by atoms with Crippen molar-refractivity contribution in [3.8, 4) is 0 Å². The molecule has 0 bridgehead atoms. The van der Waals surface area contributed by atoms with Gasteiger partial charge in [0.15, 0.2) is 0 Å². The van der Waals surface area contributed by atoms with Crippen molar-refractivity contribution in [1.29, 1.82) is 0 Å². The number of rotatable bonds is 3. The average molecular weight is 292 g/mol. The van der Waals surface area contributed by atoms with Crippen LogP contribution in [0.1, 0.15) is 43.4 Å². The van der Waals surface area contributed by atoms with Gasteiger partial charge in [0.25, 0.3) is 0 Å². The van der Waals surface area contributed by atoms with E-state index in [1.807, 2.05) is 18.8 Å². The summed E-state index contributed by atoms with van der Waals surface area (Å²) in [6, 6.07) is 0. The predicted octanol–water partition coefficient (Wildman–Crippen LogP) is 1.58. The van der Waals surface area contributed by atoms with E-state index in [4.69, 9.17) is 0 Å². The van der Waals surface area contributed by atoms with Crippen LogP contribution in [0.15, 0.2) is 0 Å². The summed E-state index contributed by atoms with van der Waals surface area (Å²) in [4.78, 5) is 2.44. The van der Waals surface area contributed by atoms with E-state index < -0.39 is 5.60 Å². The molecule has 2 atom stereocenters. The standard InChI is InChI=1S/C16H28N4O/c1-12-14(10-17-2)15(19(3)18-12)20-9-8-16(21)7-5-4-6-13(16)11-20/h13,17,21H,4-11H2,1-3H3. The van der Waals surface area contributed by atoms with E-state index in [-0.39, 0.29) is 0 Å². The zero-order chi connectivity index (χ0) is 15.0. The molecule has 2 N–H and O–H groups in total. The number of fused-ring (bicyclic) bond motifs is 1. The fraction of sp³-hybridized carbons (Fsp3) is 0.812. The second-order valence-corrected chi connectivity index (χ2v) is 6.78. The highest BCUT2D eigenvalue weighted by atomic mass is 16.3. The molecule has 1 aliphatic carbocycles. The molecule has 1 aromatic rings. The molecule has 2 unspecified atom stereocenters. The van der Waals surface area contributed by atoms with Crippen LogP contribution in [-0.2, 0) is 13.6 Å². The van der Waals surface area contributed by atoms with E-state index in [2.05, 4.69) is 22.2 Å². The molecule has 2 fully saturated rings. The van der Waals surface area contributed by atoms with E-state index in [1.165, 1.54) is 24.2 Å². The van der Waals surface area contributed by atoms with Gasteiger partial charge in [-0.15, -0.1) is 0 Å². The normalized spacial score (nSPS) is 29.5.